The molecule has 9 nitrogen and oxygen atoms in total. The third-order valence-electron chi connectivity index (χ3n) is 5.81. The van der Waals surface area contributed by atoms with Gasteiger partial charge in [0.05, 0.1) is 24.9 Å². The van der Waals surface area contributed by atoms with E-state index in [-0.39, 0.29) is 11.5 Å². The summed E-state index contributed by atoms with van der Waals surface area (Å²) in [5, 5.41) is 3.57. The number of rotatable bonds is 10. The molecular formula is C29H24N4O5. The number of nitrogens with zero attached hydrogens (tertiary/aromatic N) is 3. The Bertz CT molecular complexity index is 1540. The fraction of sp³-hybridized carbons (Fsp3) is 0.138. The van der Waals surface area contributed by atoms with Crippen molar-refractivity contribution in [3.8, 4) is 17.2 Å². The monoisotopic (exact) mass is 508 g/mol. The normalized spacial score (nSPS) is 13.1. The van der Waals surface area contributed by atoms with Crippen molar-refractivity contribution in [2.75, 3.05) is 19.0 Å². The predicted molar refractivity (Wildman–Crippen MR) is 141 cm³/mol. The van der Waals surface area contributed by atoms with E-state index in [1.165, 1.54) is 24.0 Å². The highest BCUT2D eigenvalue weighted by Gasteiger charge is 2.23. The Morgan fingerprint density at radius 2 is 1.71 bits per heavy atom. The molecule has 0 saturated carbocycles. The van der Waals surface area contributed by atoms with Gasteiger partial charge >= 0.3 is 0 Å². The van der Waals surface area contributed by atoms with Gasteiger partial charge in [-0.05, 0) is 48.7 Å². The fourth-order valence-electron chi connectivity index (χ4n) is 3.91. The molecule has 0 unspecified atom stereocenters. The Balaban J connectivity index is 1.30. The molecule has 0 fully saturated rings. The molecule has 0 aliphatic heterocycles. The first-order chi connectivity index (χ1) is 18.6. The molecule has 0 saturated heterocycles. The van der Waals surface area contributed by atoms with Gasteiger partial charge in [0.25, 0.3) is 0 Å². The first-order valence-electron chi connectivity index (χ1n) is 12.0. The second-order valence-corrected chi connectivity index (χ2v) is 8.39. The number of anilines is 1. The minimum Gasteiger partial charge on any atom is -0.493 e. The minimum atomic E-state index is -0.436. The lowest BCUT2D eigenvalue weighted by molar-refractivity contribution is -0.116. The molecular weight excluding hydrogens is 484 g/mol. The molecule has 0 amide bonds. The van der Waals surface area contributed by atoms with Gasteiger partial charge in [-0.15, -0.1) is 0 Å². The largest absolute Gasteiger partial charge is 0.493 e. The van der Waals surface area contributed by atoms with Crippen molar-refractivity contribution in [2.24, 2.45) is 0 Å². The number of fused-ring (bicyclic) bond motifs is 1. The summed E-state index contributed by atoms with van der Waals surface area (Å²) in [6.45, 7) is 0.490. The van der Waals surface area contributed by atoms with Crippen LogP contribution in [0.5, 0.6) is 17.2 Å². The number of hydrogen-bond donors (Lipinski definition) is 1. The standard InChI is InChI=1S/C29H24N4O5/c1-36-27-14-21-22(16-28(27)37-13-5-6-19-9-11-30-12-10-19)31-18-32-29(21)33-23-15-25(35)26(17-24(23)34)38-20-7-3-2-4-8-20/h2-4,7-12,14-18H,5-6,13H2,1H3,(H,31,32,33). The molecule has 0 radical (unpaired) electrons. The second kappa shape index (κ2) is 11.3. The number of pyridine rings is 1. The van der Waals surface area contributed by atoms with E-state index in [0.29, 0.717) is 40.6 Å². The zero-order chi connectivity index (χ0) is 26.3. The summed E-state index contributed by atoms with van der Waals surface area (Å²) in [6.07, 6.45) is 8.97. The molecule has 9 heteroatoms. The number of ketones is 2. The number of benzene rings is 2. The van der Waals surface area contributed by atoms with Crippen LogP contribution in [0.2, 0.25) is 0 Å². The Morgan fingerprint density at radius 3 is 2.50 bits per heavy atom. The maximum atomic E-state index is 12.8. The number of aromatic nitrogens is 3. The molecule has 0 bridgehead atoms. The minimum absolute atomic E-state index is 0.0494. The van der Waals surface area contributed by atoms with Crippen LogP contribution in [-0.4, -0.2) is 40.2 Å². The zero-order valence-corrected chi connectivity index (χ0v) is 20.6. The number of para-hydroxylation sites is 1. The first-order valence-corrected chi connectivity index (χ1v) is 12.0. The van der Waals surface area contributed by atoms with E-state index in [1.54, 1.807) is 55.9 Å². The highest BCUT2D eigenvalue weighted by atomic mass is 16.5. The van der Waals surface area contributed by atoms with Gasteiger partial charge in [-0.1, -0.05) is 18.2 Å². The van der Waals surface area contributed by atoms with Gasteiger partial charge < -0.3 is 19.5 Å². The SMILES string of the molecule is COc1cc2c(NC3=CC(=O)C(Oc4ccccc4)=CC3=O)ncnc2cc1OCCCc1ccncc1. The van der Waals surface area contributed by atoms with Crippen LogP contribution in [0.15, 0.2) is 96.9 Å². The summed E-state index contributed by atoms with van der Waals surface area (Å²) in [5.74, 6) is 0.968. The van der Waals surface area contributed by atoms with E-state index in [0.717, 1.165) is 12.8 Å². The summed E-state index contributed by atoms with van der Waals surface area (Å²) in [6, 6.07) is 16.3. The lowest BCUT2D eigenvalue weighted by atomic mass is 10.1. The summed E-state index contributed by atoms with van der Waals surface area (Å²) in [4.78, 5) is 38.1. The number of methoxy groups -OCH3 is 1. The summed E-state index contributed by atoms with van der Waals surface area (Å²) >= 11 is 0. The third kappa shape index (κ3) is 5.67. The summed E-state index contributed by atoms with van der Waals surface area (Å²) in [7, 11) is 1.55. The van der Waals surface area contributed by atoms with E-state index in [9.17, 15) is 9.59 Å². The van der Waals surface area contributed by atoms with Gasteiger partial charge in [-0.3, -0.25) is 14.6 Å². The van der Waals surface area contributed by atoms with Crippen molar-refractivity contribution in [1.29, 1.82) is 0 Å². The van der Waals surface area contributed by atoms with Crippen molar-refractivity contribution in [2.45, 2.75) is 12.8 Å². The van der Waals surface area contributed by atoms with Crippen LogP contribution in [0.4, 0.5) is 5.82 Å². The quantitative estimate of drug-likeness (QED) is 0.245. The maximum Gasteiger partial charge on any atom is 0.223 e. The predicted octanol–water partition coefficient (Wildman–Crippen LogP) is 4.46. The molecule has 1 aliphatic rings. The van der Waals surface area contributed by atoms with Crippen LogP contribution in [-0.2, 0) is 16.0 Å². The fourth-order valence-corrected chi connectivity index (χ4v) is 3.91. The highest BCUT2D eigenvalue weighted by Crippen LogP contribution is 2.34. The van der Waals surface area contributed by atoms with Crippen molar-refractivity contribution >= 4 is 28.3 Å². The van der Waals surface area contributed by atoms with Crippen LogP contribution in [0.25, 0.3) is 10.9 Å². The van der Waals surface area contributed by atoms with Crippen LogP contribution in [0.3, 0.4) is 0 Å². The Morgan fingerprint density at radius 1 is 0.895 bits per heavy atom. The molecule has 4 aromatic rings. The molecule has 2 aromatic carbocycles. The average Bonchev–Trinajstić information content (AvgIpc) is 2.94. The van der Waals surface area contributed by atoms with E-state index in [2.05, 4.69) is 20.3 Å². The number of allylic oxidation sites excluding steroid dienone is 2. The number of carbonyl (C=O) groups excluding carboxylic acids is 2. The highest BCUT2D eigenvalue weighted by molar-refractivity contribution is 6.20. The van der Waals surface area contributed by atoms with Gasteiger partial charge in [-0.25, -0.2) is 9.97 Å². The van der Waals surface area contributed by atoms with Crippen molar-refractivity contribution in [1.82, 2.24) is 15.0 Å². The van der Waals surface area contributed by atoms with Crippen LogP contribution < -0.4 is 19.5 Å². The molecule has 1 aliphatic carbocycles. The second-order valence-electron chi connectivity index (χ2n) is 8.39. The lowest BCUT2D eigenvalue weighted by Gasteiger charge is -2.16. The topological polar surface area (TPSA) is 113 Å². The van der Waals surface area contributed by atoms with Crippen LogP contribution in [0.1, 0.15) is 12.0 Å². The van der Waals surface area contributed by atoms with Crippen LogP contribution >= 0.6 is 0 Å². The number of hydrogen-bond acceptors (Lipinski definition) is 9. The number of aryl methyl sites for hydroxylation is 1. The maximum absolute atomic E-state index is 12.8. The Labute approximate surface area is 218 Å². The number of carbonyl (C=O) groups is 2. The molecule has 190 valence electrons. The number of nitrogens with one attached hydrogen (secondary N) is 1. The van der Waals surface area contributed by atoms with Gasteiger partial charge in [-0.2, -0.15) is 0 Å². The average molecular weight is 509 g/mol. The van der Waals surface area contributed by atoms with Crippen molar-refractivity contribution in [3.63, 3.8) is 0 Å². The van der Waals surface area contributed by atoms with E-state index in [4.69, 9.17) is 14.2 Å². The van der Waals surface area contributed by atoms with E-state index in [1.807, 2.05) is 18.2 Å². The van der Waals surface area contributed by atoms with E-state index < -0.39 is 11.6 Å². The van der Waals surface area contributed by atoms with E-state index >= 15 is 0 Å². The number of ether oxygens (including phenoxy) is 3. The molecule has 38 heavy (non-hydrogen) atoms. The smallest absolute Gasteiger partial charge is 0.223 e. The summed E-state index contributed by atoms with van der Waals surface area (Å²) in [5.41, 5.74) is 1.85. The van der Waals surface area contributed by atoms with Gasteiger partial charge in [0.1, 0.15) is 17.9 Å². The molecule has 0 spiro atoms. The summed E-state index contributed by atoms with van der Waals surface area (Å²) < 4.78 is 17.1. The lowest BCUT2D eigenvalue weighted by Crippen LogP contribution is -2.21. The Hall–Kier alpha value is -5.05. The van der Waals surface area contributed by atoms with Crippen molar-refractivity contribution in [3.05, 3.63) is 102 Å². The molecule has 0 atom stereocenters. The molecule has 5 rings (SSSR count). The first kappa shape index (κ1) is 24.6. The van der Waals surface area contributed by atoms with Gasteiger partial charge in [0.2, 0.25) is 11.6 Å². The zero-order valence-electron chi connectivity index (χ0n) is 20.6. The molecule has 2 aromatic heterocycles. The van der Waals surface area contributed by atoms with Crippen molar-refractivity contribution < 1.29 is 23.8 Å². The van der Waals surface area contributed by atoms with Gasteiger partial charge in [0, 0.05) is 36.0 Å². The van der Waals surface area contributed by atoms with Gasteiger partial charge in [0.15, 0.2) is 17.3 Å². The van der Waals surface area contributed by atoms with Crippen LogP contribution in [0, 0.1) is 0 Å². The third-order valence-corrected chi connectivity index (χ3v) is 5.81. The molecule has 2 heterocycles. The Kier molecular flexibility index (Phi) is 7.35. The molecule has 1 N–H and O–H groups in total.